The minimum Gasteiger partial charge on any atom is -0.494 e. The third-order valence-corrected chi connectivity index (χ3v) is 4.43. The lowest BCUT2D eigenvalue weighted by Crippen LogP contribution is -2.13. The van der Waals surface area contributed by atoms with Crippen LogP contribution in [0.5, 0.6) is 5.75 Å². The summed E-state index contributed by atoms with van der Waals surface area (Å²) in [5, 5.41) is 2.86. The molecule has 0 unspecified atom stereocenters. The van der Waals surface area contributed by atoms with Crippen molar-refractivity contribution in [3.8, 4) is 5.75 Å². The molecular formula is C18H17Br2NO3. The number of ketones is 1. The predicted octanol–water partition coefficient (Wildman–Crippen LogP) is 5.21. The number of amides is 1. The smallest absolute Gasteiger partial charge is 0.224 e. The van der Waals surface area contributed by atoms with Gasteiger partial charge in [0.25, 0.3) is 0 Å². The fourth-order valence-electron chi connectivity index (χ4n) is 2.01. The number of Topliss-reactive ketones (excluding diaryl/α,β-unsaturated/α-hetero) is 1. The van der Waals surface area contributed by atoms with Crippen LogP contribution in [0.1, 0.15) is 30.1 Å². The number of rotatable bonds is 7. The van der Waals surface area contributed by atoms with E-state index in [2.05, 4.69) is 37.2 Å². The van der Waals surface area contributed by atoms with Crippen LogP contribution < -0.4 is 10.1 Å². The van der Waals surface area contributed by atoms with Crippen molar-refractivity contribution < 1.29 is 14.3 Å². The van der Waals surface area contributed by atoms with E-state index in [0.29, 0.717) is 30.8 Å². The molecule has 2 aromatic rings. The van der Waals surface area contributed by atoms with Gasteiger partial charge in [-0.1, -0.05) is 15.9 Å². The van der Waals surface area contributed by atoms with Crippen molar-refractivity contribution >= 4 is 49.2 Å². The monoisotopic (exact) mass is 453 g/mol. The number of carbonyl (C=O) groups is 2. The van der Waals surface area contributed by atoms with E-state index < -0.39 is 0 Å². The number of halogens is 2. The molecule has 24 heavy (non-hydrogen) atoms. The van der Waals surface area contributed by atoms with Gasteiger partial charge >= 0.3 is 0 Å². The number of nitrogens with one attached hydrogen (secondary N) is 1. The van der Waals surface area contributed by atoms with E-state index in [1.165, 1.54) is 6.92 Å². The third kappa shape index (κ3) is 5.76. The summed E-state index contributed by atoms with van der Waals surface area (Å²) in [6.45, 7) is 1.96. The third-order valence-electron chi connectivity index (χ3n) is 3.28. The van der Waals surface area contributed by atoms with Crippen molar-refractivity contribution in [3.05, 3.63) is 57.0 Å². The molecule has 0 heterocycles. The fraction of sp³-hybridized carbons (Fsp3) is 0.222. The average Bonchev–Trinajstić information content (AvgIpc) is 2.55. The van der Waals surface area contributed by atoms with Crippen LogP contribution in [0.3, 0.4) is 0 Å². The minimum absolute atomic E-state index is 0.0253. The molecule has 0 saturated heterocycles. The van der Waals surface area contributed by atoms with Crippen molar-refractivity contribution in [2.24, 2.45) is 0 Å². The first-order valence-electron chi connectivity index (χ1n) is 7.44. The molecule has 0 spiro atoms. The van der Waals surface area contributed by atoms with E-state index in [1.54, 1.807) is 24.3 Å². The molecule has 0 bridgehead atoms. The number of hydrogen-bond donors (Lipinski definition) is 1. The predicted molar refractivity (Wildman–Crippen MR) is 102 cm³/mol. The Morgan fingerprint density at radius 1 is 1.08 bits per heavy atom. The molecule has 0 aromatic heterocycles. The number of ether oxygens (including phenoxy) is 1. The average molecular weight is 455 g/mol. The standard InChI is InChI=1S/C18H17Br2NO3/c1-12(22)13-4-7-15(8-5-13)24-10-2-3-18(23)21-17-9-6-14(19)11-16(17)20/h4-9,11H,2-3,10H2,1H3,(H,21,23). The lowest BCUT2D eigenvalue weighted by molar-refractivity contribution is -0.116. The minimum atomic E-state index is -0.0615. The number of carbonyl (C=O) groups excluding carboxylic acids is 2. The molecule has 126 valence electrons. The van der Waals surface area contributed by atoms with E-state index in [0.717, 1.165) is 14.6 Å². The summed E-state index contributed by atoms with van der Waals surface area (Å²) in [5.41, 5.74) is 1.39. The summed E-state index contributed by atoms with van der Waals surface area (Å²) in [5.74, 6) is 0.655. The van der Waals surface area contributed by atoms with Crippen molar-refractivity contribution in [1.29, 1.82) is 0 Å². The second kappa shape index (κ2) is 8.99. The van der Waals surface area contributed by atoms with Crippen LogP contribution in [0.25, 0.3) is 0 Å². The van der Waals surface area contributed by atoms with Crippen molar-refractivity contribution in [2.45, 2.75) is 19.8 Å². The van der Waals surface area contributed by atoms with Gasteiger partial charge in [0, 0.05) is 20.9 Å². The van der Waals surface area contributed by atoms with Gasteiger partial charge in [-0.2, -0.15) is 0 Å². The maximum atomic E-state index is 11.9. The van der Waals surface area contributed by atoms with E-state index in [9.17, 15) is 9.59 Å². The van der Waals surface area contributed by atoms with Gasteiger partial charge in [-0.15, -0.1) is 0 Å². The highest BCUT2D eigenvalue weighted by molar-refractivity contribution is 9.11. The summed E-state index contributed by atoms with van der Waals surface area (Å²) in [7, 11) is 0. The van der Waals surface area contributed by atoms with Crippen LogP contribution in [-0.4, -0.2) is 18.3 Å². The molecule has 0 fully saturated rings. The van der Waals surface area contributed by atoms with Gasteiger partial charge in [-0.05, 0) is 71.7 Å². The lowest BCUT2D eigenvalue weighted by Gasteiger charge is -2.09. The second-order valence-corrected chi connectivity index (χ2v) is 6.97. The first-order valence-corrected chi connectivity index (χ1v) is 9.03. The van der Waals surface area contributed by atoms with Gasteiger partial charge in [0.05, 0.1) is 12.3 Å². The van der Waals surface area contributed by atoms with E-state index in [1.807, 2.05) is 18.2 Å². The summed E-state index contributed by atoms with van der Waals surface area (Å²) in [6, 6.07) is 12.6. The highest BCUT2D eigenvalue weighted by Crippen LogP contribution is 2.26. The van der Waals surface area contributed by atoms with Gasteiger partial charge in [0.15, 0.2) is 5.78 Å². The number of hydrogen-bond acceptors (Lipinski definition) is 3. The largest absolute Gasteiger partial charge is 0.494 e. The highest BCUT2D eigenvalue weighted by Gasteiger charge is 2.06. The second-order valence-electron chi connectivity index (χ2n) is 5.20. The van der Waals surface area contributed by atoms with Crippen molar-refractivity contribution in [3.63, 3.8) is 0 Å². The van der Waals surface area contributed by atoms with Gasteiger partial charge in [0.1, 0.15) is 5.75 Å². The molecule has 4 nitrogen and oxygen atoms in total. The van der Waals surface area contributed by atoms with Gasteiger partial charge in [-0.3, -0.25) is 9.59 Å². The first-order chi connectivity index (χ1) is 11.5. The van der Waals surface area contributed by atoms with Crippen LogP contribution in [-0.2, 0) is 4.79 Å². The molecule has 2 aromatic carbocycles. The normalized spacial score (nSPS) is 10.3. The van der Waals surface area contributed by atoms with Crippen LogP contribution in [0.15, 0.2) is 51.4 Å². The number of benzene rings is 2. The van der Waals surface area contributed by atoms with E-state index in [-0.39, 0.29) is 11.7 Å². The Morgan fingerprint density at radius 3 is 2.42 bits per heavy atom. The number of anilines is 1. The van der Waals surface area contributed by atoms with Crippen LogP contribution in [0, 0.1) is 0 Å². The van der Waals surface area contributed by atoms with E-state index >= 15 is 0 Å². The maximum Gasteiger partial charge on any atom is 0.224 e. The molecule has 6 heteroatoms. The zero-order valence-electron chi connectivity index (χ0n) is 13.1. The quantitative estimate of drug-likeness (QED) is 0.461. The Labute approximate surface area is 157 Å². The Hall–Kier alpha value is -1.66. The Bertz CT molecular complexity index is 730. The summed E-state index contributed by atoms with van der Waals surface area (Å²) >= 11 is 6.78. The molecule has 0 atom stereocenters. The zero-order valence-corrected chi connectivity index (χ0v) is 16.3. The van der Waals surface area contributed by atoms with Crippen LogP contribution >= 0.6 is 31.9 Å². The fourth-order valence-corrected chi connectivity index (χ4v) is 3.16. The summed E-state index contributed by atoms with van der Waals surface area (Å²) in [4.78, 5) is 23.1. The highest BCUT2D eigenvalue weighted by atomic mass is 79.9. The molecule has 0 radical (unpaired) electrons. The molecule has 0 aliphatic heterocycles. The molecule has 2 rings (SSSR count). The summed E-state index contributed by atoms with van der Waals surface area (Å²) < 4.78 is 7.34. The van der Waals surface area contributed by atoms with Gasteiger partial charge < -0.3 is 10.1 Å². The van der Waals surface area contributed by atoms with Crippen molar-refractivity contribution in [2.75, 3.05) is 11.9 Å². The Morgan fingerprint density at radius 2 is 1.79 bits per heavy atom. The van der Waals surface area contributed by atoms with Crippen LogP contribution in [0.4, 0.5) is 5.69 Å². The first kappa shape index (κ1) is 18.7. The molecule has 0 aliphatic carbocycles. The Kier molecular flexibility index (Phi) is 6.99. The molecular weight excluding hydrogens is 438 g/mol. The Balaban J connectivity index is 1.73. The van der Waals surface area contributed by atoms with Gasteiger partial charge in [-0.25, -0.2) is 0 Å². The molecule has 0 aliphatic rings. The van der Waals surface area contributed by atoms with E-state index in [4.69, 9.17) is 4.74 Å². The van der Waals surface area contributed by atoms with Crippen molar-refractivity contribution in [1.82, 2.24) is 0 Å². The maximum absolute atomic E-state index is 11.9. The SMILES string of the molecule is CC(=O)c1ccc(OCCCC(=O)Nc2ccc(Br)cc2Br)cc1. The molecule has 0 saturated carbocycles. The molecule has 1 amide bonds. The summed E-state index contributed by atoms with van der Waals surface area (Å²) in [6.07, 6.45) is 0.975. The lowest BCUT2D eigenvalue weighted by atomic mass is 10.1. The molecule has 1 N–H and O–H groups in total. The van der Waals surface area contributed by atoms with Gasteiger partial charge in [0.2, 0.25) is 5.91 Å². The van der Waals surface area contributed by atoms with Crippen LogP contribution in [0.2, 0.25) is 0 Å². The topological polar surface area (TPSA) is 55.4 Å². The zero-order chi connectivity index (χ0) is 17.5.